The van der Waals surface area contributed by atoms with Gasteiger partial charge in [-0.15, -0.1) is 0 Å². The molecule has 0 N–H and O–H groups in total. The largest absolute Gasteiger partial charge is 0.494 e. The van der Waals surface area contributed by atoms with Gasteiger partial charge in [-0.1, -0.05) is 35.9 Å². The van der Waals surface area contributed by atoms with Gasteiger partial charge in [0.05, 0.1) is 17.9 Å². The van der Waals surface area contributed by atoms with E-state index in [4.69, 9.17) is 4.74 Å². The van der Waals surface area contributed by atoms with Crippen molar-refractivity contribution in [2.24, 2.45) is 0 Å². The first kappa shape index (κ1) is 20.2. The summed E-state index contributed by atoms with van der Waals surface area (Å²) in [5.74, 6) is 0.0840. The van der Waals surface area contributed by atoms with Gasteiger partial charge in [-0.25, -0.2) is 4.90 Å². The number of likely N-dealkylation sites (N-methyl/N-ethyl adjacent to an activating group) is 1. The van der Waals surface area contributed by atoms with Crippen LogP contribution in [0.25, 0.3) is 5.57 Å². The van der Waals surface area contributed by atoms with Crippen molar-refractivity contribution < 1.29 is 14.3 Å². The normalized spacial score (nSPS) is 17.8. The number of carbonyl (C=O) groups is 2. The Labute approximate surface area is 177 Å². The van der Waals surface area contributed by atoms with Gasteiger partial charge in [-0.05, 0) is 38.6 Å². The van der Waals surface area contributed by atoms with Crippen LogP contribution in [-0.4, -0.2) is 61.4 Å². The Morgan fingerprint density at radius 2 is 1.63 bits per heavy atom. The van der Waals surface area contributed by atoms with Crippen molar-refractivity contribution in [1.29, 1.82) is 0 Å². The van der Waals surface area contributed by atoms with Crippen molar-refractivity contribution in [3.8, 4) is 5.75 Å². The van der Waals surface area contributed by atoms with E-state index in [2.05, 4.69) is 16.8 Å². The average molecular weight is 405 g/mol. The molecule has 0 spiro atoms. The second-order valence-corrected chi connectivity index (χ2v) is 7.76. The summed E-state index contributed by atoms with van der Waals surface area (Å²) in [4.78, 5) is 32.7. The Morgan fingerprint density at radius 1 is 0.933 bits per heavy atom. The number of anilines is 1. The van der Waals surface area contributed by atoms with Gasteiger partial charge in [-0.3, -0.25) is 9.59 Å². The maximum absolute atomic E-state index is 13.6. The molecule has 0 aliphatic carbocycles. The predicted molar refractivity (Wildman–Crippen MR) is 117 cm³/mol. The standard InChI is InChI=1S/C24H27N3O3/c1-4-30-20-7-5-6-19(16-20)27-23(28)21(18-10-8-17(2)9-11-18)22(24(27)29)26-14-12-25(3)13-15-26/h5-11,16H,4,12-15H2,1-3H3. The van der Waals surface area contributed by atoms with Crippen molar-refractivity contribution in [2.45, 2.75) is 13.8 Å². The molecule has 0 aromatic heterocycles. The summed E-state index contributed by atoms with van der Waals surface area (Å²) < 4.78 is 5.58. The van der Waals surface area contributed by atoms with Crippen molar-refractivity contribution in [3.63, 3.8) is 0 Å². The van der Waals surface area contributed by atoms with Gasteiger partial charge >= 0.3 is 0 Å². The SMILES string of the molecule is CCOc1cccc(N2C(=O)C(c3ccc(C)cc3)=C(N3CCN(C)CC3)C2=O)c1. The molecule has 0 saturated carbocycles. The van der Waals surface area contributed by atoms with E-state index in [1.54, 1.807) is 18.2 Å². The van der Waals surface area contributed by atoms with Gasteiger partial charge in [0.2, 0.25) is 0 Å². The molecule has 6 heteroatoms. The van der Waals surface area contributed by atoms with Gasteiger partial charge < -0.3 is 14.5 Å². The fourth-order valence-electron chi connectivity index (χ4n) is 3.94. The molecule has 2 aliphatic heterocycles. The number of aryl methyl sites for hydroxylation is 1. The van der Waals surface area contributed by atoms with Crippen molar-refractivity contribution in [3.05, 3.63) is 65.4 Å². The molecule has 2 heterocycles. The molecule has 2 aromatic rings. The Kier molecular flexibility index (Phi) is 5.59. The highest BCUT2D eigenvalue weighted by Gasteiger charge is 2.43. The lowest BCUT2D eigenvalue weighted by molar-refractivity contribution is -0.120. The summed E-state index contributed by atoms with van der Waals surface area (Å²) in [6, 6.07) is 14.9. The fraction of sp³-hybridized carbons (Fsp3) is 0.333. The van der Waals surface area contributed by atoms with E-state index in [0.29, 0.717) is 42.4 Å². The van der Waals surface area contributed by atoms with Gasteiger partial charge in [0.1, 0.15) is 11.4 Å². The molecule has 2 amide bonds. The highest BCUT2D eigenvalue weighted by atomic mass is 16.5. The maximum atomic E-state index is 13.6. The highest BCUT2D eigenvalue weighted by Crippen LogP contribution is 2.36. The van der Waals surface area contributed by atoms with Crippen molar-refractivity contribution >= 4 is 23.1 Å². The first-order valence-electron chi connectivity index (χ1n) is 10.4. The minimum Gasteiger partial charge on any atom is -0.494 e. The number of hydrogen-bond acceptors (Lipinski definition) is 5. The van der Waals surface area contributed by atoms with Crippen LogP contribution in [0.2, 0.25) is 0 Å². The van der Waals surface area contributed by atoms with Crippen LogP contribution in [0.4, 0.5) is 5.69 Å². The number of imide groups is 1. The van der Waals surface area contributed by atoms with Crippen LogP contribution < -0.4 is 9.64 Å². The van der Waals surface area contributed by atoms with E-state index in [9.17, 15) is 9.59 Å². The molecular weight excluding hydrogens is 378 g/mol. The summed E-state index contributed by atoms with van der Waals surface area (Å²) in [7, 11) is 2.07. The molecule has 2 aliphatic rings. The second-order valence-electron chi connectivity index (χ2n) is 7.76. The van der Waals surface area contributed by atoms with Crippen LogP contribution in [0.5, 0.6) is 5.75 Å². The molecule has 6 nitrogen and oxygen atoms in total. The molecule has 1 fully saturated rings. The van der Waals surface area contributed by atoms with Crippen LogP contribution in [0, 0.1) is 6.92 Å². The molecule has 0 unspecified atom stereocenters. The Morgan fingerprint density at radius 3 is 2.30 bits per heavy atom. The van der Waals surface area contributed by atoms with Gasteiger partial charge in [0.25, 0.3) is 11.8 Å². The number of piperazine rings is 1. The van der Waals surface area contributed by atoms with Crippen molar-refractivity contribution in [2.75, 3.05) is 44.7 Å². The summed E-state index contributed by atoms with van der Waals surface area (Å²) in [5.41, 5.74) is 3.39. The Bertz CT molecular complexity index is 989. The van der Waals surface area contributed by atoms with Crippen LogP contribution in [0.3, 0.4) is 0 Å². The molecule has 1 saturated heterocycles. The third-order valence-electron chi connectivity index (χ3n) is 5.61. The number of hydrogen-bond donors (Lipinski definition) is 0. The Balaban J connectivity index is 1.77. The lowest BCUT2D eigenvalue weighted by Gasteiger charge is -2.34. The van der Waals surface area contributed by atoms with E-state index in [1.165, 1.54) is 4.90 Å². The zero-order valence-corrected chi connectivity index (χ0v) is 17.7. The minimum atomic E-state index is -0.286. The molecule has 4 rings (SSSR count). The van der Waals surface area contributed by atoms with Gasteiger partial charge in [0, 0.05) is 32.2 Å². The third-order valence-corrected chi connectivity index (χ3v) is 5.61. The second kappa shape index (κ2) is 8.32. The molecule has 0 atom stereocenters. The van der Waals surface area contributed by atoms with Crippen molar-refractivity contribution in [1.82, 2.24) is 9.80 Å². The van der Waals surface area contributed by atoms with E-state index in [-0.39, 0.29) is 11.8 Å². The van der Waals surface area contributed by atoms with Crippen LogP contribution in [-0.2, 0) is 9.59 Å². The zero-order valence-electron chi connectivity index (χ0n) is 17.7. The smallest absolute Gasteiger partial charge is 0.282 e. The first-order valence-corrected chi connectivity index (χ1v) is 10.4. The number of carbonyl (C=O) groups excluding carboxylic acids is 2. The zero-order chi connectivity index (χ0) is 21.3. The van der Waals surface area contributed by atoms with Crippen LogP contribution in [0.15, 0.2) is 54.2 Å². The number of nitrogens with zero attached hydrogens (tertiary/aromatic N) is 3. The molecular formula is C24H27N3O3. The van der Waals surface area contributed by atoms with Crippen LogP contribution >= 0.6 is 0 Å². The fourth-order valence-corrected chi connectivity index (χ4v) is 3.94. The Hall–Kier alpha value is -3.12. The van der Waals surface area contributed by atoms with E-state index >= 15 is 0 Å². The van der Waals surface area contributed by atoms with E-state index in [1.807, 2.05) is 44.2 Å². The van der Waals surface area contributed by atoms with E-state index in [0.717, 1.165) is 24.2 Å². The first-order chi connectivity index (χ1) is 14.5. The lowest BCUT2D eigenvalue weighted by Crippen LogP contribution is -2.46. The predicted octanol–water partition coefficient (Wildman–Crippen LogP) is 2.93. The molecule has 156 valence electrons. The third kappa shape index (κ3) is 3.71. The van der Waals surface area contributed by atoms with Crippen LogP contribution in [0.1, 0.15) is 18.1 Å². The molecule has 30 heavy (non-hydrogen) atoms. The molecule has 0 radical (unpaired) electrons. The average Bonchev–Trinajstić information content (AvgIpc) is 3.00. The molecule has 0 bridgehead atoms. The number of benzene rings is 2. The summed E-state index contributed by atoms with van der Waals surface area (Å²) in [6.45, 7) is 7.57. The van der Waals surface area contributed by atoms with Gasteiger partial charge in [-0.2, -0.15) is 0 Å². The summed E-state index contributed by atoms with van der Waals surface area (Å²) in [5, 5.41) is 0. The monoisotopic (exact) mass is 405 g/mol. The van der Waals surface area contributed by atoms with E-state index < -0.39 is 0 Å². The highest BCUT2D eigenvalue weighted by molar-refractivity contribution is 6.45. The number of ether oxygens (including phenoxy) is 1. The number of amides is 2. The maximum Gasteiger partial charge on any atom is 0.282 e. The number of rotatable bonds is 5. The lowest BCUT2D eigenvalue weighted by atomic mass is 10.0. The summed E-state index contributed by atoms with van der Waals surface area (Å²) >= 11 is 0. The quantitative estimate of drug-likeness (QED) is 0.716. The van der Waals surface area contributed by atoms with Gasteiger partial charge in [0.15, 0.2) is 0 Å². The topological polar surface area (TPSA) is 53.1 Å². The summed E-state index contributed by atoms with van der Waals surface area (Å²) in [6.07, 6.45) is 0. The minimum absolute atomic E-state index is 0.270. The molecule has 2 aromatic carbocycles.